The number of rotatable bonds is 3. The third kappa shape index (κ3) is 3.13. The molecule has 2 N–H and O–H groups in total. The fourth-order valence-corrected chi connectivity index (χ4v) is 2.53. The SMILES string of the molecule is Cc1nc(-c2ccccc2)oc1C(=O)NC1CCNCC1. The highest BCUT2D eigenvalue weighted by Gasteiger charge is 2.22. The standard InChI is InChI=1S/C16H19N3O2/c1-11-14(15(20)19-13-7-9-17-10-8-13)21-16(18-11)12-5-3-2-4-6-12/h2-6,13,17H,7-10H2,1H3,(H,19,20). The molecule has 1 saturated heterocycles. The molecular weight excluding hydrogens is 266 g/mol. The Morgan fingerprint density at radius 3 is 2.71 bits per heavy atom. The number of benzene rings is 1. The predicted octanol–water partition coefficient (Wildman–Crippen LogP) is 2.13. The lowest BCUT2D eigenvalue weighted by Crippen LogP contribution is -2.42. The second kappa shape index (κ2) is 6.10. The van der Waals surface area contributed by atoms with Gasteiger partial charge in [-0.25, -0.2) is 4.98 Å². The highest BCUT2D eigenvalue weighted by Crippen LogP contribution is 2.21. The van der Waals surface area contributed by atoms with E-state index in [1.54, 1.807) is 6.92 Å². The molecule has 1 amide bonds. The van der Waals surface area contributed by atoms with E-state index in [0.717, 1.165) is 31.5 Å². The summed E-state index contributed by atoms with van der Waals surface area (Å²) in [5.41, 5.74) is 1.50. The molecule has 2 heterocycles. The number of aryl methyl sites for hydroxylation is 1. The van der Waals surface area contributed by atoms with Crippen LogP contribution >= 0.6 is 0 Å². The van der Waals surface area contributed by atoms with Gasteiger partial charge in [0, 0.05) is 11.6 Å². The van der Waals surface area contributed by atoms with Crippen LogP contribution in [0.3, 0.4) is 0 Å². The van der Waals surface area contributed by atoms with Gasteiger partial charge in [0.25, 0.3) is 5.91 Å². The molecular formula is C16H19N3O2. The molecule has 21 heavy (non-hydrogen) atoms. The normalized spacial score (nSPS) is 15.9. The first-order valence-corrected chi connectivity index (χ1v) is 7.28. The summed E-state index contributed by atoms with van der Waals surface area (Å²) in [6, 6.07) is 9.82. The van der Waals surface area contributed by atoms with Crippen LogP contribution in [0.5, 0.6) is 0 Å². The molecule has 0 bridgehead atoms. The summed E-state index contributed by atoms with van der Waals surface area (Å²) >= 11 is 0. The molecule has 5 heteroatoms. The zero-order valence-corrected chi connectivity index (χ0v) is 12.1. The van der Waals surface area contributed by atoms with Crippen LogP contribution in [0.15, 0.2) is 34.7 Å². The van der Waals surface area contributed by atoms with Crippen molar-refractivity contribution in [2.75, 3.05) is 13.1 Å². The lowest BCUT2D eigenvalue weighted by Gasteiger charge is -2.23. The molecule has 1 fully saturated rings. The van der Waals surface area contributed by atoms with Gasteiger partial charge in [-0.15, -0.1) is 0 Å². The molecule has 1 aliphatic rings. The lowest BCUT2D eigenvalue weighted by atomic mass is 10.1. The number of nitrogens with one attached hydrogen (secondary N) is 2. The number of nitrogens with zero attached hydrogens (tertiary/aromatic N) is 1. The van der Waals surface area contributed by atoms with Gasteiger partial charge in [-0.3, -0.25) is 4.79 Å². The van der Waals surface area contributed by atoms with Gasteiger partial charge >= 0.3 is 0 Å². The number of aromatic nitrogens is 1. The maximum Gasteiger partial charge on any atom is 0.289 e. The largest absolute Gasteiger partial charge is 0.431 e. The third-order valence-electron chi connectivity index (χ3n) is 3.70. The Morgan fingerprint density at radius 1 is 1.29 bits per heavy atom. The van der Waals surface area contributed by atoms with Gasteiger partial charge in [0.2, 0.25) is 11.7 Å². The van der Waals surface area contributed by atoms with E-state index in [0.29, 0.717) is 17.3 Å². The molecule has 3 rings (SSSR count). The number of hydrogen-bond acceptors (Lipinski definition) is 4. The van der Waals surface area contributed by atoms with E-state index in [-0.39, 0.29) is 11.9 Å². The maximum absolute atomic E-state index is 12.3. The van der Waals surface area contributed by atoms with Crippen LogP contribution in [0, 0.1) is 6.92 Å². The zero-order chi connectivity index (χ0) is 14.7. The number of carbonyl (C=O) groups is 1. The van der Waals surface area contributed by atoms with Gasteiger partial charge in [-0.05, 0) is 45.0 Å². The minimum absolute atomic E-state index is 0.172. The summed E-state index contributed by atoms with van der Waals surface area (Å²) in [4.78, 5) is 16.7. The molecule has 2 aromatic rings. The molecule has 110 valence electrons. The Bertz CT molecular complexity index is 616. The summed E-state index contributed by atoms with van der Waals surface area (Å²) in [5, 5.41) is 6.31. The van der Waals surface area contributed by atoms with Crippen LogP contribution in [0.1, 0.15) is 29.1 Å². The van der Waals surface area contributed by atoms with Crippen molar-refractivity contribution in [1.29, 1.82) is 0 Å². The summed E-state index contributed by atoms with van der Waals surface area (Å²) < 4.78 is 5.67. The van der Waals surface area contributed by atoms with E-state index < -0.39 is 0 Å². The van der Waals surface area contributed by atoms with Gasteiger partial charge in [0.1, 0.15) is 0 Å². The highest BCUT2D eigenvalue weighted by molar-refractivity contribution is 5.93. The van der Waals surface area contributed by atoms with Crippen LogP contribution in [0.4, 0.5) is 0 Å². The van der Waals surface area contributed by atoms with Crippen molar-refractivity contribution in [2.24, 2.45) is 0 Å². The number of piperidine rings is 1. The third-order valence-corrected chi connectivity index (χ3v) is 3.70. The average Bonchev–Trinajstić information content (AvgIpc) is 2.91. The number of hydrogen-bond donors (Lipinski definition) is 2. The second-order valence-electron chi connectivity index (χ2n) is 5.30. The van der Waals surface area contributed by atoms with E-state index >= 15 is 0 Å². The van der Waals surface area contributed by atoms with Gasteiger partial charge < -0.3 is 15.1 Å². The van der Waals surface area contributed by atoms with E-state index in [1.165, 1.54) is 0 Å². The zero-order valence-electron chi connectivity index (χ0n) is 12.1. The highest BCUT2D eigenvalue weighted by atomic mass is 16.4. The lowest BCUT2D eigenvalue weighted by molar-refractivity contribution is 0.0901. The van der Waals surface area contributed by atoms with E-state index in [1.807, 2.05) is 30.3 Å². The van der Waals surface area contributed by atoms with Crippen LogP contribution in [-0.2, 0) is 0 Å². The van der Waals surface area contributed by atoms with E-state index in [9.17, 15) is 4.79 Å². The second-order valence-corrected chi connectivity index (χ2v) is 5.30. The fourth-order valence-electron chi connectivity index (χ4n) is 2.53. The predicted molar refractivity (Wildman–Crippen MR) is 80.0 cm³/mol. The van der Waals surface area contributed by atoms with Crippen molar-refractivity contribution in [3.05, 3.63) is 41.8 Å². The Balaban J connectivity index is 1.76. The van der Waals surface area contributed by atoms with Crippen LogP contribution in [0.2, 0.25) is 0 Å². The Labute approximate surface area is 123 Å². The van der Waals surface area contributed by atoms with Crippen molar-refractivity contribution in [1.82, 2.24) is 15.6 Å². The number of carbonyl (C=O) groups excluding carboxylic acids is 1. The number of oxazole rings is 1. The first-order chi connectivity index (χ1) is 10.2. The van der Waals surface area contributed by atoms with Crippen LogP contribution in [-0.4, -0.2) is 30.0 Å². The summed E-state index contributed by atoms with van der Waals surface area (Å²) in [5.74, 6) is 0.630. The topological polar surface area (TPSA) is 67.2 Å². The van der Waals surface area contributed by atoms with Crippen molar-refractivity contribution >= 4 is 5.91 Å². The molecule has 0 spiro atoms. The Hall–Kier alpha value is -2.14. The molecule has 1 aliphatic heterocycles. The minimum atomic E-state index is -0.172. The Kier molecular flexibility index (Phi) is 4.01. The van der Waals surface area contributed by atoms with Crippen molar-refractivity contribution in [3.8, 4) is 11.5 Å². The number of amides is 1. The first-order valence-electron chi connectivity index (χ1n) is 7.28. The summed E-state index contributed by atoms with van der Waals surface area (Å²) in [6.07, 6.45) is 1.90. The summed E-state index contributed by atoms with van der Waals surface area (Å²) in [6.45, 7) is 3.68. The maximum atomic E-state index is 12.3. The monoisotopic (exact) mass is 285 g/mol. The molecule has 5 nitrogen and oxygen atoms in total. The molecule has 1 aromatic carbocycles. The minimum Gasteiger partial charge on any atom is -0.431 e. The van der Waals surface area contributed by atoms with Gasteiger partial charge in [0.15, 0.2) is 0 Å². The molecule has 0 unspecified atom stereocenters. The fraction of sp³-hybridized carbons (Fsp3) is 0.375. The van der Waals surface area contributed by atoms with E-state index in [4.69, 9.17) is 4.42 Å². The van der Waals surface area contributed by atoms with Crippen LogP contribution < -0.4 is 10.6 Å². The molecule has 0 aliphatic carbocycles. The van der Waals surface area contributed by atoms with Crippen LogP contribution in [0.25, 0.3) is 11.5 Å². The van der Waals surface area contributed by atoms with E-state index in [2.05, 4.69) is 15.6 Å². The molecule has 0 saturated carbocycles. The smallest absolute Gasteiger partial charge is 0.289 e. The first kappa shape index (κ1) is 13.8. The quantitative estimate of drug-likeness (QED) is 0.906. The van der Waals surface area contributed by atoms with Gasteiger partial charge in [0.05, 0.1) is 5.69 Å². The van der Waals surface area contributed by atoms with Gasteiger partial charge in [-0.2, -0.15) is 0 Å². The average molecular weight is 285 g/mol. The molecule has 1 aromatic heterocycles. The molecule has 0 radical (unpaired) electrons. The molecule has 0 atom stereocenters. The van der Waals surface area contributed by atoms with Gasteiger partial charge in [-0.1, -0.05) is 18.2 Å². The summed E-state index contributed by atoms with van der Waals surface area (Å²) in [7, 11) is 0. The van der Waals surface area contributed by atoms with Crippen molar-refractivity contribution in [2.45, 2.75) is 25.8 Å². The van der Waals surface area contributed by atoms with Crippen molar-refractivity contribution < 1.29 is 9.21 Å². The Morgan fingerprint density at radius 2 is 2.00 bits per heavy atom. The van der Waals surface area contributed by atoms with Crippen molar-refractivity contribution in [3.63, 3.8) is 0 Å².